The predicted octanol–water partition coefficient (Wildman–Crippen LogP) is 2.51. The van der Waals surface area contributed by atoms with Gasteiger partial charge in [0.05, 0.1) is 18.5 Å². The maximum Gasteiger partial charge on any atom is 0.410 e. The highest BCUT2D eigenvalue weighted by Crippen LogP contribution is 2.20. The average Bonchev–Trinajstić information content (AvgIpc) is 2.45. The molecule has 1 amide bonds. The van der Waals surface area contributed by atoms with E-state index >= 15 is 0 Å². The monoisotopic (exact) mass is 262 g/mol. The van der Waals surface area contributed by atoms with Crippen molar-refractivity contribution in [2.24, 2.45) is 5.92 Å². The summed E-state index contributed by atoms with van der Waals surface area (Å²) in [4.78, 5) is 13.1. The van der Waals surface area contributed by atoms with Crippen LogP contribution in [-0.4, -0.2) is 30.3 Å². The summed E-state index contributed by atoms with van der Waals surface area (Å²) in [5.41, 5.74) is 0.888. The molecule has 4 nitrogen and oxygen atoms in total. The van der Waals surface area contributed by atoms with Gasteiger partial charge in [-0.05, 0) is 12.0 Å². The second-order valence-electron chi connectivity index (χ2n) is 4.53. The highest BCUT2D eigenvalue weighted by Gasteiger charge is 2.32. The topological polar surface area (TPSA) is 53.3 Å². The zero-order valence-corrected chi connectivity index (χ0v) is 10.5. The number of benzene rings is 1. The molecule has 1 aromatic rings. The number of likely N-dealkylation sites (tertiary alicyclic amines) is 1. The summed E-state index contributed by atoms with van der Waals surface area (Å²) in [7, 11) is 0. The third-order valence-electron chi connectivity index (χ3n) is 3.17. The Kier molecular flexibility index (Phi) is 4.35. The Bertz CT molecular complexity index is 472. The predicted molar refractivity (Wildman–Crippen MR) is 66.8 cm³/mol. The van der Waals surface area contributed by atoms with Crippen LogP contribution in [0, 0.1) is 17.2 Å². The lowest BCUT2D eigenvalue weighted by atomic mass is 9.97. The van der Waals surface area contributed by atoms with Crippen LogP contribution in [0.4, 0.5) is 9.18 Å². The quantitative estimate of drug-likeness (QED) is 0.822. The van der Waals surface area contributed by atoms with E-state index in [1.165, 1.54) is 4.90 Å². The summed E-state index contributed by atoms with van der Waals surface area (Å²) in [6.07, 6.45) is -1.45. The molecule has 100 valence electrons. The van der Waals surface area contributed by atoms with Gasteiger partial charge in [0.1, 0.15) is 12.8 Å². The summed E-state index contributed by atoms with van der Waals surface area (Å²) in [6, 6.07) is 11.2. The zero-order chi connectivity index (χ0) is 13.7. The summed E-state index contributed by atoms with van der Waals surface area (Å²) in [5, 5.41) is 8.71. The van der Waals surface area contributed by atoms with Crippen molar-refractivity contribution in [3.8, 4) is 6.07 Å². The van der Waals surface area contributed by atoms with Crippen LogP contribution in [0.2, 0.25) is 0 Å². The van der Waals surface area contributed by atoms with Gasteiger partial charge < -0.3 is 9.64 Å². The molecule has 0 spiro atoms. The Morgan fingerprint density at radius 2 is 2.21 bits per heavy atom. The molecular weight excluding hydrogens is 247 g/mol. The van der Waals surface area contributed by atoms with Crippen LogP contribution in [0.1, 0.15) is 12.0 Å². The summed E-state index contributed by atoms with van der Waals surface area (Å²) >= 11 is 0. The van der Waals surface area contributed by atoms with E-state index in [1.807, 2.05) is 36.4 Å². The fourth-order valence-electron chi connectivity index (χ4n) is 2.03. The van der Waals surface area contributed by atoms with Crippen molar-refractivity contribution in [2.45, 2.75) is 19.2 Å². The molecule has 1 aromatic carbocycles. The third kappa shape index (κ3) is 3.44. The number of rotatable bonds is 2. The molecule has 1 aliphatic rings. The van der Waals surface area contributed by atoms with Crippen LogP contribution in [0.5, 0.6) is 0 Å². The van der Waals surface area contributed by atoms with Gasteiger partial charge in [-0.3, -0.25) is 0 Å². The molecule has 1 saturated heterocycles. The lowest BCUT2D eigenvalue weighted by molar-refractivity contribution is 0.0617. The van der Waals surface area contributed by atoms with Crippen molar-refractivity contribution in [1.29, 1.82) is 5.26 Å². The maximum atomic E-state index is 13.6. The normalized spacial score (nSPS) is 22.6. The average molecular weight is 262 g/mol. The van der Waals surface area contributed by atoms with Crippen molar-refractivity contribution in [1.82, 2.24) is 4.90 Å². The molecule has 2 rings (SSSR count). The molecule has 19 heavy (non-hydrogen) atoms. The molecule has 1 fully saturated rings. The third-order valence-corrected chi connectivity index (χ3v) is 3.17. The van der Waals surface area contributed by atoms with Crippen LogP contribution < -0.4 is 0 Å². The number of carbonyl (C=O) groups is 1. The SMILES string of the molecule is N#C[C@@H]1CCN(C(=O)OCc2ccccc2)C[C@@H]1F. The molecule has 5 heteroatoms. The largest absolute Gasteiger partial charge is 0.445 e. The number of hydrogen-bond acceptors (Lipinski definition) is 3. The van der Waals surface area contributed by atoms with Gasteiger partial charge in [-0.15, -0.1) is 0 Å². The minimum Gasteiger partial charge on any atom is -0.445 e. The van der Waals surface area contributed by atoms with E-state index in [0.29, 0.717) is 13.0 Å². The van der Waals surface area contributed by atoms with Gasteiger partial charge in [-0.1, -0.05) is 30.3 Å². The van der Waals surface area contributed by atoms with E-state index < -0.39 is 18.2 Å². The van der Waals surface area contributed by atoms with Crippen molar-refractivity contribution < 1.29 is 13.9 Å². The molecule has 2 atom stereocenters. The van der Waals surface area contributed by atoms with E-state index in [0.717, 1.165) is 5.56 Å². The molecule has 0 N–H and O–H groups in total. The number of ether oxygens (including phenoxy) is 1. The fraction of sp³-hybridized carbons (Fsp3) is 0.429. The minimum absolute atomic E-state index is 0.0636. The van der Waals surface area contributed by atoms with Crippen LogP contribution in [0.15, 0.2) is 30.3 Å². The fourth-order valence-corrected chi connectivity index (χ4v) is 2.03. The second-order valence-corrected chi connectivity index (χ2v) is 4.53. The molecule has 0 saturated carbocycles. The first kappa shape index (κ1) is 13.3. The Labute approximate surface area is 111 Å². The first-order chi connectivity index (χ1) is 9.20. The smallest absolute Gasteiger partial charge is 0.410 e. The van der Waals surface area contributed by atoms with Crippen molar-refractivity contribution in [3.63, 3.8) is 0 Å². The highest BCUT2D eigenvalue weighted by molar-refractivity contribution is 5.67. The number of carbonyl (C=O) groups excluding carboxylic acids is 1. The van der Waals surface area contributed by atoms with Crippen molar-refractivity contribution in [2.75, 3.05) is 13.1 Å². The van der Waals surface area contributed by atoms with Crippen LogP contribution >= 0.6 is 0 Å². The van der Waals surface area contributed by atoms with E-state index in [1.54, 1.807) is 0 Å². The standard InChI is InChI=1S/C14H15FN2O2/c15-13-9-17(7-6-12(13)8-16)14(18)19-10-11-4-2-1-3-5-11/h1-5,12-13H,6-7,9-10H2/t12-,13-/m0/s1. The molecule has 0 aromatic heterocycles. The number of amides is 1. The Morgan fingerprint density at radius 1 is 1.47 bits per heavy atom. The highest BCUT2D eigenvalue weighted by atomic mass is 19.1. The second kappa shape index (κ2) is 6.19. The lowest BCUT2D eigenvalue weighted by Gasteiger charge is -2.30. The number of alkyl halides is 1. The summed E-state index contributed by atoms with van der Waals surface area (Å²) in [6.45, 7) is 0.479. The number of halogens is 1. The van der Waals surface area contributed by atoms with Crippen LogP contribution in [0.3, 0.4) is 0 Å². The maximum absolute atomic E-state index is 13.6. The zero-order valence-electron chi connectivity index (χ0n) is 10.5. The molecule has 1 aliphatic heterocycles. The summed E-state index contributed by atoms with van der Waals surface area (Å²) in [5.74, 6) is -0.613. The van der Waals surface area contributed by atoms with Crippen molar-refractivity contribution >= 4 is 6.09 Å². The Balaban J connectivity index is 1.83. The van der Waals surface area contributed by atoms with Crippen LogP contribution in [0.25, 0.3) is 0 Å². The molecule has 1 heterocycles. The molecule has 0 bridgehead atoms. The first-order valence-corrected chi connectivity index (χ1v) is 6.20. The van der Waals surface area contributed by atoms with Crippen molar-refractivity contribution in [3.05, 3.63) is 35.9 Å². The van der Waals surface area contributed by atoms with E-state index in [9.17, 15) is 9.18 Å². The van der Waals surface area contributed by atoms with Gasteiger partial charge in [0, 0.05) is 6.54 Å². The van der Waals surface area contributed by atoms with Gasteiger partial charge >= 0.3 is 6.09 Å². The Morgan fingerprint density at radius 3 is 2.84 bits per heavy atom. The number of nitriles is 1. The van der Waals surface area contributed by atoms with Gasteiger partial charge in [-0.25, -0.2) is 9.18 Å². The minimum atomic E-state index is -1.29. The van der Waals surface area contributed by atoms with Gasteiger partial charge in [-0.2, -0.15) is 5.26 Å². The first-order valence-electron chi connectivity index (χ1n) is 6.20. The lowest BCUT2D eigenvalue weighted by Crippen LogP contribution is -2.44. The van der Waals surface area contributed by atoms with Gasteiger partial charge in [0.2, 0.25) is 0 Å². The molecule has 0 unspecified atom stereocenters. The van der Waals surface area contributed by atoms with E-state index in [-0.39, 0.29) is 13.2 Å². The van der Waals surface area contributed by atoms with Gasteiger partial charge in [0.15, 0.2) is 0 Å². The van der Waals surface area contributed by atoms with Gasteiger partial charge in [0.25, 0.3) is 0 Å². The number of piperidine rings is 1. The number of nitrogens with zero attached hydrogens (tertiary/aromatic N) is 2. The summed E-state index contributed by atoms with van der Waals surface area (Å²) < 4.78 is 18.7. The molecule has 0 radical (unpaired) electrons. The molecule has 0 aliphatic carbocycles. The van der Waals surface area contributed by atoms with E-state index in [4.69, 9.17) is 10.00 Å². The molecular formula is C14H15FN2O2. The Hall–Kier alpha value is -2.09. The van der Waals surface area contributed by atoms with E-state index in [2.05, 4.69) is 0 Å². The number of hydrogen-bond donors (Lipinski definition) is 0. The van der Waals surface area contributed by atoms with Crippen LogP contribution in [-0.2, 0) is 11.3 Å².